The van der Waals surface area contributed by atoms with Crippen LogP contribution in [0, 0.1) is 10.1 Å². The van der Waals surface area contributed by atoms with Gasteiger partial charge in [0, 0.05) is 4.92 Å². The van der Waals surface area contributed by atoms with Crippen molar-refractivity contribution in [3.8, 4) is 0 Å². The van der Waals surface area contributed by atoms with E-state index in [0.717, 1.165) is 6.08 Å². The van der Waals surface area contributed by atoms with Gasteiger partial charge in [0.05, 0.1) is 6.10 Å². The van der Waals surface area contributed by atoms with Crippen molar-refractivity contribution >= 4 is 17.8 Å². The molecule has 1 atom stereocenters. The Balaban J connectivity index is 2.82. The molecule has 1 aromatic rings. The van der Waals surface area contributed by atoms with Crippen LogP contribution in [0.25, 0.3) is 6.08 Å². The number of esters is 1. The smallest absolute Gasteiger partial charge is 0.390 e. The van der Waals surface area contributed by atoms with Gasteiger partial charge in [-0.05, 0) is 25.5 Å². The van der Waals surface area contributed by atoms with Gasteiger partial charge in [-0.1, -0.05) is 36.4 Å². The number of carbonyl (C=O) groups excluding carboxylic acids is 2. The Bertz CT molecular complexity index is 522. The highest BCUT2D eigenvalue weighted by Gasteiger charge is 2.38. The highest BCUT2D eigenvalue weighted by atomic mass is 16.6. The molecule has 6 heteroatoms. The van der Waals surface area contributed by atoms with Crippen molar-refractivity contribution < 1.29 is 19.2 Å². The summed E-state index contributed by atoms with van der Waals surface area (Å²) in [5.74, 6) is -2.06. The van der Waals surface area contributed by atoms with E-state index in [4.69, 9.17) is 4.74 Å². The van der Waals surface area contributed by atoms with E-state index in [1.165, 1.54) is 6.08 Å². The van der Waals surface area contributed by atoms with E-state index >= 15 is 0 Å². The molecule has 1 unspecified atom stereocenters. The summed E-state index contributed by atoms with van der Waals surface area (Å²) < 4.78 is 4.71. The first-order valence-electron chi connectivity index (χ1n) is 6.02. The second-order valence-corrected chi connectivity index (χ2v) is 4.32. The molecule has 0 saturated heterocycles. The van der Waals surface area contributed by atoms with Gasteiger partial charge >= 0.3 is 12.0 Å². The minimum absolute atomic E-state index is 0.518. The molecule has 0 aliphatic heterocycles. The fourth-order valence-electron chi connectivity index (χ4n) is 1.44. The third kappa shape index (κ3) is 4.64. The molecule has 0 fully saturated rings. The molecule has 20 heavy (non-hydrogen) atoms. The SMILES string of the molecule is CC(C)OC(=O)C(C(=O)C=Cc1ccccc1)[N+](=O)[O-]. The third-order valence-electron chi connectivity index (χ3n) is 2.30. The van der Waals surface area contributed by atoms with Crippen molar-refractivity contribution in [2.75, 3.05) is 0 Å². The molecule has 0 N–H and O–H groups in total. The lowest BCUT2D eigenvalue weighted by Crippen LogP contribution is -2.39. The number of nitro groups is 1. The Kier molecular flexibility index (Phi) is 5.58. The average Bonchev–Trinajstić information content (AvgIpc) is 2.36. The van der Waals surface area contributed by atoms with Gasteiger partial charge in [-0.3, -0.25) is 14.9 Å². The molecule has 1 rings (SSSR count). The average molecular weight is 277 g/mol. The quantitative estimate of drug-likeness (QED) is 0.260. The number of ether oxygens (including phenoxy) is 1. The lowest BCUT2D eigenvalue weighted by atomic mass is 10.1. The van der Waals surface area contributed by atoms with Gasteiger partial charge in [0.1, 0.15) is 0 Å². The number of hydrogen-bond acceptors (Lipinski definition) is 5. The van der Waals surface area contributed by atoms with Crippen molar-refractivity contribution in [2.45, 2.75) is 26.0 Å². The Hall–Kier alpha value is -2.50. The molecule has 0 saturated carbocycles. The summed E-state index contributed by atoms with van der Waals surface area (Å²) in [7, 11) is 0. The largest absolute Gasteiger partial charge is 0.458 e. The van der Waals surface area contributed by atoms with Crippen LogP contribution in [0.1, 0.15) is 19.4 Å². The molecule has 0 spiro atoms. The topological polar surface area (TPSA) is 86.5 Å². The summed E-state index contributed by atoms with van der Waals surface area (Å²) in [6.07, 6.45) is 1.92. The number of hydrogen-bond donors (Lipinski definition) is 0. The van der Waals surface area contributed by atoms with Crippen LogP contribution in [-0.2, 0) is 14.3 Å². The zero-order valence-corrected chi connectivity index (χ0v) is 11.2. The van der Waals surface area contributed by atoms with Crippen LogP contribution in [-0.4, -0.2) is 28.8 Å². The summed E-state index contributed by atoms with van der Waals surface area (Å²) in [6, 6.07) is 6.79. The van der Waals surface area contributed by atoms with Gasteiger partial charge in [0.25, 0.3) is 0 Å². The molecule has 0 aliphatic carbocycles. The van der Waals surface area contributed by atoms with Gasteiger partial charge < -0.3 is 4.74 Å². The first kappa shape index (κ1) is 15.6. The first-order chi connectivity index (χ1) is 9.41. The number of ketones is 1. The second-order valence-electron chi connectivity index (χ2n) is 4.32. The highest BCUT2D eigenvalue weighted by Crippen LogP contribution is 2.05. The lowest BCUT2D eigenvalue weighted by molar-refractivity contribution is -0.496. The number of rotatable bonds is 6. The predicted octanol–water partition coefficient (Wildman–Crippen LogP) is 1.87. The highest BCUT2D eigenvalue weighted by molar-refractivity contribution is 6.09. The van der Waals surface area contributed by atoms with E-state index < -0.39 is 28.8 Å². The Morgan fingerprint density at radius 2 is 1.85 bits per heavy atom. The van der Waals surface area contributed by atoms with E-state index in [-0.39, 0.29) is 0 Å². The van der Waals surface area contributed by atoms with E-state index in [0.29, 0.717) is 5.56 Å². The van der Waals surface area contributed by atoms with Crippen molar-refractivity contribution in [2.24, 2.45) is 0 Å². The Morgan fingerprint density at radius 3 is 2.35 bits per heavy atom. The molecule has 0 aliphatic rings. The van der Waals surface area contributed by atoms with E-state index in [2.05, 4.69) is 0 Å². The third-order valence-corrected chi connectivity index (χ3v) is 2.30. The molecular formula is C14H15NO5. The molecule has 0 amide bonds. The van der Waals surface area contributed by atoms with Gasteiger partial charge in [0.15, 0.2) is 0 Å². The summed E-state index contributed by atoms with van der Waals surface area (Å²) in [6.45, 7) is 3.11. The number of benzene rings is 1. The summed E-state index contributed by atoms with van der Waals surface area (Å²) in [5, 5.41) is 10.8. The first-order valence-corrected chi connectivity index (χ1v) is 6.02. The predicted molar refractivity (Wildman–Crippen MR) is 72.5 cm³/mol. The van der Waals surface area contributed by atoms with E-state index in [1.807, 2.05) is 0 Å². The maximum absolute atomic E-state index is 11.8. The van der Waals surface area contributed by atoms with Crippen molar-refractivity contribution in [1.82, 2.24) is 0 Å². The Labute approximate surface area is 116 Å². The van der Waals surface area contributed by atoms with Crippen LogP contribution in [0.3, 0.4) is 0 Å². The molecule has 0 aromatic heterocycles. The molecule has 6 nitrogen and oxygen atoms in total. The summed E-state index contributed by atoms with van der Waals surface area (Å²) in [4.78, 5) is 33.2. The zero-order chi connectivity index (χ0) is 15.1. The molecule has 106 valence electrons. The summed E-state index contributed by atoms with van der Waals surface area (Å²) >= 11 is 0. The van der Waals surface area contributed by atoms with Gasteiger partial charge in [-0.25, -0.2) is 4.79 Å². The van der Waals surface area contributed by atoms with Gasteiger partial charge in [-0.2, -0.15) is 0 Å². The summed E-state index contributed by atoms with van der Waals surface area (Å²) in [5.41, 5.74) is 0.708. The van der Waals surface area contributed by atoms with Crippen LogP contribution in [0.5, 0.6) is 0 Å². The van der Waals surface area contributed by atoms with Crippen LogP contribution < -0.4 is 0 Å². The maximum atomic E-state index is 11.8. The van der Waals surface area contributed by atoms with Crippen LogP contribution in [0.4, 0.5) is 0 Å². The maximum Gasteiger partial charge on any atom is 0.390 e. The van der Waals surface area contributed by atoms with E-state index in [1.54, 1.807) is 44.2 Å². The fraction of sp³-hybridized carbons (Fsp3) is 0.286. The normalized spacial score (nSPS) is 12.3. The van der Waals surface area contributed by atoms with Gasteiger partial charge in [0.2, 0.25) is 5.78 Å². The number of nitrogens with zero attached hydrogens (tertiary/aromatic N) is 1. The van der Waals surface area contributed by atoms with Crippen LogP contribution in [0.15, 0.2) is 36.4 Å². The number of carbonyl (C=O) groups is 2. The standard InChI is InChI=1S/C14H15NO5/c1-10(2)20-14(17)13(15(18)19)12(16)9-8-11-6-4-3-5-7-11/h3-10,13H,1-2H3. The lowest BCUT2D eigenvalue weighted by Gasteiger charge is -2.09. The molecular weight excluding hydrogens is 262 g/mol. The van der Waals surface area contributed by atoms with Crippen LogP contribution >= 0.6 is 0 Å². The zero-order valence-electron chi connectivity index (χ0n) is 11.2. The van der Waals surface area contributed by atoms with Crippen molar-refractivity contribution in [3.63, 3.8) is 0 Å². The molecule has 0 bridgehead atoms. The monoisotopic (exact) mass is 277 g/mol. The van der Waals surface area contributed by atoms with Crippen molar-refractivity contribution in [3.05, 3.63) is 52.1 Å². The molecule has 1 aromatic carbocycles. The van der Waals surface area contributed by atoms with Gasteiger partial charge in [-0.15, -0.1) is 0 Å². The minimum atomic E-state index is -2.02. The van der Waals surface area contributed by atoms with Crippen molar-refractivity contribution in [1.29, 1.82) is 0 Å². The Morgan fingerprint density at radius 1 is 1.25 bits per heavy atom. The minimum Gasteiger partial charge on any atom is -0.458 e. The van der Waals surface area contributed by atoms with Crippen LogP contribution in [0.2, 0.25) is 0 Å². The second kappa shape index (κ2) is 7.18. The fourth-order valence-corrected chi connectivity index (χ4v) is 1.44. The van der Waals surface area contributed by atoms with E-state index in [9.17, 15) is 19.7 Å². The molecule has 0 heterocycles. The molecule has 0 radical (unpaired) electrons.